The number of nitrogens with one attached hydrogen (secondary N) is 1. The van der Waals surface area contributed by atoms with E-state index in [0.29, 0.717) is 15.6 Å². The SMILES string of the molecule is CCc1cc(C(N)=O)c(NC(=O)Cc2ccc(Cl)cc2)s1. The molecule has 1 heterocycles. The number of aryl methyl sites for hydroxylation is 1. The fourth-order valence-corrected chi connectivity index (χ4v) is 2.99. The van der Waals surface area contributed by atoms with Crippen molar-refractivity contribution in [3.63, 3.8) is 0 Å². The van der Waals surface area contributed by atoms with Crippen molar-refractivity contribution >= 4 is 39.8 Å². The van der Waals surface area contributed by atoms with E-state index in [2.05, 4.69) is 5.32 Å². The molecule has 0 aliphatic carbocycles. The second-order valence-corrected chi connectivity index (χ2v) is 6.10. The van der Waals surface area contributed by atoms with E-state index in [1.807, 2.05) is 6.92 Å². The summed E-state index contributed by atoms with van der Waals surface area (Å²) in [6.45, 7) is 1.98. The Labute approximate surface area is 131 Å². The van der Waals surface area contributed by atoms with Crippen LogP contribution in [0.4, 0.5) is 5.00 Å². The first-order chi connectivity index (χ1) is 9.99. The van der Waals surface area contributed by atoms with Crippen molar-refractivity contribution in [2.24, 2.45) is 5.73 Å². The third-order valence-corrected chi connectivity index (χ3v) is 4.37. The van der Waals surface area contributed by atoms with E-state index in [-0.39, 0.29) is 12.3 Å². The first kappa shape index (κ1) is 15.5. The van der Waals surface area contributed by atoms with Gasteiger partial charge in [-0.1, -0.05) is 30.7 Å². The molecule has 2 rings (SSSR count). The van der Waals surface area contributed by atoms with E-state index < -0.39 is 5.91 Å². The molecule has 110 valence electrons. The molecular weight excluding hydrogens is 308 g/mol. The zero-order valence-corrected chi connectivity index (χ0v) is 13.1. The number of primary amides is 1. The van der Waals surface area contributed by atoms with Gasteiger partial charge in [-0.05, 0) is 30.2 Å². The molecule has 0 bridgehead atoms. The van der Waals surface area contributed by atoms with E-state index in [1.165, 1.54) is 11.3 Å². The summed E-state index contributed by atoms with van der Waals surface area (Å²) in [4.78, 5) is 24.4. The quantitative estimate of drug-likeness (QED) is 0.887. The fourth-order valence-electron chi connectivity index (χ4n) is 1.85. The molecule has 0 saturated heterocycles. The van der Waals surface area contributed by atoms with Crippen LogP contribution in [0.15, 0.2) is 30.3 Å². The molecule has 6 heteroatoms. The highest BCUT2D eigenvalue weighted by atomic mass is 35.5. The van der Waals surface area contributed by atoms with Crippen LogP contribution in [-0.4, -0.2) is 11.8 Å². The van der Waals surface area contributed by atoms with Crippen LogP contribution >= 0.6 is 22.9 Å². The number of carbonyl (C=O) groups is 2. The number of hydrogen-bond acceptors (Lipinski definition) is 3. The van der Waals surface area contributed by atoms with Gasteiger partial charge in [-0.25, -0.2) is 0 Å². The van der Waals surface area contributed by atoms with Crippen LogP contribution < -0.4 is 11.1 Å². The van der Waals surface area contributed by atoms with Crippen molar-refractivity contribution < 1.29 is 9.59 Å². The molecule has 0 atom stereocenters. The van der Waals surface area contributed by atoms with E-state index in [0.717, 1.165) is 16.9 Å². The summed E-state index contributed by atoms with van der Waals surface area (Å²) in [6, 6.07) is 8.79. The molecule has 2 aromatic rings. The maximum absolute atomic E-state index is 12.0. The molecule has 1 aromatic heterocycles. The highest BCUT2D eigenvalue weighted by molar-refractivity contribution is 7.16. The first-order valence-electron chi connectivity index (χ1n) is 6.46. The van der Waals surface area contributed by atoms with Gasteiger partial charge in [0.25, 0.3) is 5.91 Å². The van der Waals surface area contributed by atoms with Gasteiger partial charge in [0.05, 0.1) is 12.0 Å². The standard InChI is InChI=1S/C15H15ClN2O2S/c1-2-11-8-12(14(17)20)15(21-11)18-13(19)7-9-3-5-10(16)6-4-9/h3-6,8H,2,7H2,1H3,(H2,17,20)(H,18,19). The second kappa shape index (κ2) is 6.74. The average molecular weight is 323 g/mol. The Morgan fingerprint density at radius 3 is 2.52 bits per heavy atom. The van der Waals surface area contributed by atoms with Crippen LogP contribution in [0.25, 0.3) is 0 Å². The van der Waals surface area contributed by atoms with Crippen molar-refractivity contribution in [1.82, 2.24) is 0 Å². The number of thiophene rings is 1. The fraction of sp³-hybridized carbons (Fsp3) is 0.200. The number of nitrogens with two attached hydrogens (primary N) is 1. The smallest absolute Gasteiger partial charge is 0.251 e. The van der Waals surface area contributed by atoms with Gasteiger partial charge in [0.1, 0.15) is 5.00 Å². The minimum Gasteiger partial charge on any atom is -0.366 e. The number of anilines is 1. The van der Waals surface area contributed by atoms with Crippen molar-refractivity contribution in [2.75, 3.05) is 5.32 Å². The molecule has 4 nitrogen and oxygen atoms in total. The van der Waals surface area contributed by atoms with E-state index in [9.17, 15) is 9.59 Å². The van der Waals surface area contributed by atoms with Gasteiger partial charge in [0, 0.05) is 9.90 Å². The van der Waals surface area contributed by atoms with Gasteiger partial charge in [-0.3, -0.25) is 9.59 Å². The monoisotopic (exact) mass is 322 g/mol. The third-order valence-electron chi connectivity index (χ3n) is 2.93. The lowest BCUT2D eigenvalue weighted by Gasteiger charge is -2.05. The van der Waals surface area contributed by atoms with Gasteiger partial charge in [-0.2, -0.15) is 0 Å². The largest absolute Gasteiger partial charge is 0.366 e. The van der Waals surface area contributed by atoms with Crippen LogP contribution in [0.3, 0.4) is 0 Å². The van der Waals surface area contributed by atoms with Crippen LogP contribution in [0.1, 0.15) is 27.7 Å². The summed E-state index contributed by atoms with van der Waals surface area (Å²) in [6.07, 6.45) is 1.01. The number of hydrogen-bond donors (Lipinski definition) is 2. The lowest BCUT2D eigenvalue weighted by atomic mass is 10.1. The molecule has 2 amide bonds. The minimum absolute atomic E-state index is 0.190. The summed E-state index contributed by atoms with van der Waals surface area (Å²) >= 11 is 7.18. The molecule has 0 unspecified atom stereocenters. The van der Waals surface area contributed by atoms with Crippen LogP contribution in [0.5, 0.6) is 0 Å². The predicted molar refractivity (Wildman–Crippen MR) is 86.0 cm³/mol. The molecule has 0 spiro atoms. The number of amides is 2. The number of carbonyl (C=O) groups excluding carboxylic acids is 2. The molecule has 21 heavy (non-hydrogen) atoms. The van der Waals surface area contributed by atoms with Crippen molar-refractivity contribution in [3.05, 3.63) is 51.4 Å². The Balaban J connectivity index is 2.10. The Kier molecular flexibility index (Phi) is 4.98. The number of rotatable bonds is 5. The molecule has 0 fully saturated rings. The summed E-state index contributed by atoms with van der Waals surface area (Å²) in [5, 5.41) is 3.89. The normalized spacial score (nSPS) is 10.4. The van der Waals surface area contributed by atoms with Crippen LogP contribution in [-0.2, 0) is 17.6 Å². The highest BCUT2D eigenvalue weighted by Gasteiger charge is 2.15. The average Bonchev–Trinajstić information content (AvgIpc) is 2.84. The van der Waals surface area contributed by atoms with Crippen molar-refractivity contribution in [1.29, 1.82) is 0 Å². The maximum atomic E-state index is 12.0. The summed E-state index contributed by atoms with van der Waals surface area (Å²) in [5.41, 5.74) is 6.54. The van der Waals surface area contributed by atoms with Crippen molar-refractivity contribution in [2.45, 2.75) is 19.8 Å². The predicted octanol–water partition coefficient (Wildman–Crippen LogP) is 3.24. The molecule has 1 aromatic carbocycles. The number of halogens is 1. The molecule has 0 saturated carbocycles. The van der Waals surface area contributed by atoms with Gasteiger partial charge >= 0.3 is 0 Å². The van der Waals surface area contributed by atoms with Gasteiger partial charge in [0.15, 0.2) is 0 Å². The Bertz CT molecular complexity index is 665. The van der Waals surface area contributed by atoms with Crippen LogP contribution in [0.2, 0.25) is 5.02 Å². The Morgan fingerprint density at radius 2 is 1.95 bits per heavy atom. The van der Waals surface area contributed by atoms with E-state index >= 15 is 0 Å². The summed E-state index contributed by atoms with van der Waals surface area (Å²) < 4.78 is 0. The Morgan fingerprint density at radius 1 is 1.29 bits per heavy atom. The van der Waals surface area contributed by atoms with Crippen LogP contribution in [0, 0.1) is 0 Å². The summed E-state index contributed by atoms with van der Waals surface area (Å²) in [5.74, 6) is -0.725. The van der Waals surface area contributed by atoms with Crippen molar-refractivity contribution in [3.8, 4) is 0 Å². The van der Waals surface area contributed by atoms with E-state index in [4.69, 9.17) is 17.3 Å². The highest BCUT2D eigenvalue weighted by Crippen LogP contribution is 2.28. The molecular formula is C15H15ClN2O2S. The second-order valence-electron chi connectivity index (χ2n) is 4.52. The van der Waals surface area contributed by atoms with Gasteiger partial charge in [0.2, 0.25) is 5.91 Å². The maximum Gasteiger partial charge on any atom is 0.251 e. The molecule has 0 radical (unpaired) electrons. The van der Waals surface area contributed by atoms with E-state index in [1.54, 1.807) is 30.3 Å². The Hall–Kier alpha value is -1.85. The van der Waals surface area contributed by atoms with Gasteiger partial charge < -0.3 is 11.1 Å². The summed E-state index contributed by atoms with van der Waals surface area (Å²) in [7, 11) is 0. The third kappa shape index (κ3) is 4.06. The zero-order valence-electron chi connectivity index (χ0n) is 11.5. The topological polar surface area (TPSA) is 72.2 Å². The zero-order chi connectivity index (χ0) is 15.4. The minimum atomic E-state index is -0.534. The molecule has 0 aliphatic rings. The van der Waals surface area contributed by atoms with Gasteiger partial charge in [-0.15, -0.1) is 11.3 Å². The first-order valence-corrected chi connectivity index (χ1v) is 7.66. The lowest BCUT2D eigenvalue weighted by molar-refractivity contribution is -0.115. The number of benzene rings is 1. The molecule has 3 N–H and O–H groups in total. The molecule has 0 aliphatic heterocycles. The lowest BCUT2D eigenvalue weighted by Crippen LogP contribution is -2.17.